The number of rotatable bonds is 14. The van der Waals surface area contributed by atoms with Crippen molar-refractivity contribution in [3.05, 3.63) is 12.7 Å². The Morgan fingerprint density at radius 3 is 2.19 bits per heavy atom. The zero-order valence-corrected chi connectivity index (χ0v) is 30.5. The van der Waals surface area contributed by atoms with Crippen LogP contribution in [0.4, 0.5) is 4.79 Å². The zero-order valence-electron chi connectivity index (χ0n) is 29.7. The third kappa shape index (κ3) is 8.79. The van der Waals surface area contributed by atoms with Crippen LogP contribution in [0.1, 0.15) is 98.8 Å². The average molecular weight is 692 g/mol. The molecule has 4 rings (SSSR count). The Balaban J connectivity index is 1.53. The van der Waals surface area contributed by atoms with E-state index in [-0.39, 0.29) is 35.5 Å². The van der Waals surface area contributed by atoms with E-state index in [0.717, 1.165) is 44.8 Å². The number of Topliss-reactive ketones (excluding diaryl/α,β-unsaturated/α-hetero) is 1. The van der Waals surface area contributed by atoms with E-state index >= 15 is 0 Å². The van der Waals surface area contributed by atoms with Gasteiger partial charge in [0.15, 0.2) is 0 Å². The first kappa shape index (κ1) is 37.9. The molecule has 0 radical (unpaired) electrons. The standard InChI is InChI=1S/C35H57N5O7S/c1-8-9-18-36-30(43)27(41)24(19-22-14-13-15-22)37-29(42)26-25-23(34(25,5)6)20-40(26)31(44)28(33(2,3)4)38-32(45)39-35(21-48(7,46)47)16-11-10-12-17-35/h8,22-26,28H,1,9-21H2,2-7H3,(H,36,43)(H,37,42)(H2,38,39,45)/t23-,24?,25-,26-,28+/m0/s1. The molecule has 0 aromatic carbocycles. The highest BCUT2D eigenvalue weighted by molar-refractivity contribution is 7.90. The molecule has 0 spiro atoms. The van der Waals surface area contributed by atoms with Gasteiger partial charge in [-0.3, -0.25) is 19.2 Å². The molecule has 4 fully saturated rings. The van der Waals surface area contributed by atoms with Crippen molar-refractivity contribution in [3.8, 4) is 0 Å². The first-order chi connectivity index (χ1) is 22.3. The molecular weight excluding hydrogens is 634 g/mol. The van der Waals surface area contributed by atoms with Crippen LogP contribution in [0.3, 0.4) is 0 Å². The van der Waals surface area contributed by atoms with Crippen LogP contribution in [0.2, 0.25) is 0 Å². The van der Waals surface area contributed by atoms with E-state index in [0.29, 0.717) is 32.2 Å². The van der Waals surface area contributed by atoms with E-state index < -0.39 is 68.5 Å². The van der Waals surface area contributed by atoms with Crippen LogP contribution in [-0.2, 0) is 29.0 Å². The van der Waals surface area contributed by atoms with Crippen LogP contribution in [0.15, 0.2) is 12.7 Å². The molecule has 3 saturated carbocycles. The summed E-state index contributed by atoms with van der Waals surface area (Å²) >= 11 is 0. The van der Waals surface area contributed by atoms with Gasteiger partial charge in [0.05, 0.1) is 17.3 Å². The number of hydrogen-bond acceptors (Lipinski definition) is 7. The van der Waals surface area contributed by atoms with E-state index in [9.17, 15) is 32.4 Å². The Morgan fingerprint density at radius 1 is 1.00 bits per heavy atom. The van der Waals surface area contributed by atoms with Crippen molar-refractivity contribution in [1.29, 1.82) is 0 Å². The summed E-state index contributed by atoms with van der Waals surface area (Å²) in [4.78, 5) is 69.7. The Morgan fingerprint density at radius 2 is 1.65 bits per heavy atom. The van der Waals surface area contributed by atoms with Gasteiger partial charge in [0.1, 0.15) is 21.9 Å². The maximum Gasteiger partial charge on any atom is 0.315 e. The predicted octanol–water partition coefficient (Wildman–Crippen LogP) is 2.87. The van der Waals surface area contributed by atoms with Crippen LogP contribution >= 0.6 is 0 Å². The summed E-state index contributed by atoms with van der Waals surface area (Å²) in [5.74, 6) is -2.35. The number of fused-ring (bicyclic) bond motifs is 1. The zero-order chi connectivity index (χ0) is 35.7. The van der Waals surface area contributed by atoms with Gasteiger partial charge in [-0.25, -0.2) is 13.2 Å². The summed E-state index contributed by atoms with van der Waals surface area (Å²) in [5.41, 5.74) is -1.86. The third-order valence-corrected chi connectivity index (χ3v) is 12.2. The van der Waals surface area contributed by atoms with Gasteiger partial charge < -0.3 is 26.2 Å². The van der Waals surface area contributed by atoms with Crippen molar-refractivity contribution in [2.45, 2.75) is 122 Å². The highest BCUT2D eigenvalue weighted by atomic mass is 32.2. The van der Waals surface area contributed by atoms with Gasteiger partial charge in [0, 0.05) is 19.3 Å². The molecule has 0 aromatic heterocycles. The van der Waals surface area contributed by atoms with Gasteiger partial charge in [0.2, 0.25) is 17.6 Å². The highest BCUT2D eigenvalue weighted by Gasteiger charge is 2.70. The summed E-state index contributed by atoms with van der Waals surface area (Å²) in [6.45, 7) is 13.8. The van der Waals surface area contributed by atoms with E-state index in [2.05, 4.69) is 41.7 Å². The second kappa shape index (κ2) is 14.5. The van der Waals surface area contributed by atoms with Crippen molar-refractivity contribution in [1.82, 2.24) is 26.2 Å². The van der Waals surface area contributed by atoms with Gasteiger partial charge >= 0.3 is 6.03 Å². The van der Waals surface area contributed by atoms with Gasteiger partial charge in [-0.05, 0) is 54.3 Å². The summed E-state index contributed by atoms with van der Waals surface area (Å²) in [7, 11) is -3.39. The molecule has 1 saturated heterocycles. The number of amides is 5. The number of sulfone groups is 1. The molecule has 3 aliphatic carbocycles. The second-order valence-corrected chi connectivity index (χ2v) is 18.6. The molecule has 1 heterocycles. The Bertz CT molecular complexity index is 1380. The molecular formula is C35H57N5O7S. The summed E-state index contributed by atoms with van der Waals surface area (Å²) in [5, 5.41) is 11.3. The fourth-order valence-corrected chi connectivity index (χ4v) is 9.52. The molecule has 12 nitrogen and oxygen atoms in total. The molecule has 4 aliphatic rings. The summed E-state index contributed by atoms with van der Waals surface area (Å²) in [6, 6.07) is -3.51. The minimum absolute atomic E-state index is 0.0647. The van der Waals surface area contributed by atoms with Crippen molar-refractivity contribution < 1.29 is 32.4 Å². The maximum atomic E-state index is 14.4. The van der Waals surface area contributed by atoms with Crippen molar-refractivity contribution in [2.75, 3.05) is 25.1 Å². The molecule has 270 valence electrons. The largest absolute Gasteiger partial charge is 0.349 e. The smallest absolute Gasteiger partial charge is 0.315 e. The number of carbonyl (C=O) groups is 5. The average Bonchev–Trinajstić information content (AvgIpc) is 3.26. The number of piperidine rings is 1. The molecule has 0 bridgehead atoms. The molecule has 1 unspecified atom stereocenters. The predicted molar refractivity (Wildman–Crippen MR) is 183 cm³/mol. The van der Waals surface area contributed by atoms with Crippen molar-refractivity contribution in [3.63, 3.8) is 0 Å². The number of hydrogen-bond donors (Lipinski definition) is 4. The lowest BCUT2D eigenvalue weighted by Gasteiger charge is -2.40. The van der Waals surface area contributed by atoms with Crippen LogP contribution < -0.4 is 21.3 Å². The lowest BCUT2D eigenvalue weighted by Crippen LogP contribution is -2.64. The number of likely N-dealkylation sites (tertiary alicyclic amines) is 1. The van der Waals surface area contributed by atoms with E-state index in [4.69, 9.17) is 0 Å². The topological polar surface area (TPSA) is 171 Å². The molecule has 48 heavy (non-hydrogen) atoms. The number of nitrogens with one attached hydrogen (secondary N) is 4. The summed E-state index contributed by atoms with van der Waals surface area (Å²) in [6.07, 6.45) is 10.2. The molecule has 1 aliphatic heterocycles. The van der Waals surface area contributed by atoms with Crippen LogP contribution in [-0.4, -0.2) is 91.6 Å². The number of urea groups is 1. The third-order valence-electron chi connectivity index (χ3n) is 11.2. The minimum Gasteiger partial charge on any atom is -0.349 e. The lowest BCUT2D eigenvalue weighted by molar-refractivity contribution is -0.145. The SMILES string of the molecule is C=CCCNC(=O)C(=O)C(CC1CCC1)NC(=O)[C@@H]1[C@@H]2[C@H](CN1C(=O)[C@@H](NC(=O)NC1(CS(C)(=O)=O)CCCCC1)C(C)(C)C)C2(C)C. The minimum atomic E-state index is -3.39. The molecule has 5 atom stereocenters. The molecule has 4 N–H and O–H groups in total. The maximum absolute atomic E-state index is 14.4. The molecule has 5 amide bonds. The first-order valence-corrected chi connectivity index (χ1v) is 19.7. The van der Waals surface area contributed by atoms with Crippen molar-refractivity contribution >= 4 is 39.4 Å². The van der Waals surface area contributed by atoms with Crippen LogP contribution in [0.25, 0.3) is 0 Å². The van der Waals surface area contributed by atoms with Crippen LogP contribution in [0.5, 0.6) is 0 Å². The van der Waals surface area contributed by atoms with Gasteiger partial charge in [0.25, 0.3) is 5.91 Å². The van der Waals surface area contributed by atoms with Crippen LogP contribution in [0, 0.1) is 28.6 Å². The van der Waals surface area contributed by atoms with Gasteiger partial charge in [-0.1, -0.05) is 79.2 Å². The Labute approximate surface area is 286 Å². The van der Waals surface area contributed by atoms with Gasteiger partial charge in [-0.15, -0.1) is 6.58 Å². The van der Waals surface area contributed by atoms with E-state index in [1.54, 1.807) is 6.08 Å². The monoisotopic (exact) mass is 691 g/mol. The van der Waals surface area contributed by atoms with E-state index in [1.165, 1.54) is 4.90 Å². The fraction of sp³-hybridized carbons (Fsp3) is 0.800. The lowest BCUT2D eigenvalue weighted by atomic mass is 9.80. The van der Waals surface area contributed by atoms with Gasteiger partial charge in [-0.2, -0.15) is 0 Å². The Kier molecular flexibility index (Phi) is 11.4. The Hall–Kier alpha value is -2.96. The van der Waals surface area contributed by atoms with E-state index in [1.807, 2.05) is 20.8 Å². The normalized spacial score (nSPS) is 25.8. The second-order valence-electron chi connectivity index (χ2n) is 16.5. The molecule has 0 aromatic rings. The fourth-order valence-electron chi connectivity index (χ4n) is 8.16. The molecule has 13 heteroatoms. The summed E-state index contributed by atoms with van der Waals surface area (Å²) < 4.78 is 24.6. The number of carbonyl (C=O) groups excluding carboxylic acids is 5. The number of ketones is 1. The quantitative estimate of drug-likeness (QED) is 0.123. The highest BCUT2D eigenvalue weighted by Crippen LogP contribution is 2.65. The van der Waals surface area contributed by atoms with Crippen molar-refractivity contribution in [2.24, 2.45) is 28.6 Å². The first-order valence-electron chi connectivity index (χ1n) is 17.6. The number of nitrogens with zero attached hydrogens (tertiary/aromatic N) is 1.